The summed E-state index contributed by atoms with van der Waals surface area (Å²) < 4.78 is 59.5. The second-order valence-corrected chi connectivity index (χ2v) is 8.50. The monoisotopic (exact) mass is 457 g/mol. The molecule has 32 heavy (non-hydrogen) atoms. The van der Waals surface area contributed by atoms with Crippen molar-refractivity contribution >= 4 is 38.2 Å². The lowest BCUT2D eigenvalue weighted by Gasteiger charge is -2.13. The number of carbonyl (C=O) groups excluding carboxylic acids is 1. The van der Waals surface area contributed by atoms with Crippen LogP contribution in [-0.2, 0) is 10.0 Å². The minimum Gasteiger partial charge on any atom is -0.495 e. The summed E-state index contributed by atoms with van der Waals surface area (Å²) in [5.74, 6) is -2.34. The number of sulfonamides is 1. The Balaban J connectivity index is 1.58. The Labute approximate surface area is 182 Å². The van der Waals surface area contributed by atoms with Crippen molar-refractivity contribution < 1.29 is 26.7 Å². The molecule has 7 nitrogen and oxygen atoms in total. The van der Waals surface area contributed by atoms with Gasteiger partial charge in [-0.2, -0.15) is 0 Å². The number of methoxy groups -OCH3 is 1. The van der Waals surface area contributed by atoms with Gasteiger partial charge in [-0.15, -0.1) is 0 Å². The molecule has 0 unspecified atom stereocenters. The number of amides is 1. The van der Waals surface area contributed by atoms with Gasteiger partial charge in [0.25, 0.3) is 15.9 Å². The topological polar surface area (TPSA) is 100 Å². The number of carbonyl (C=O) groups is 1. The van der Waals surface area contributed by atoms with Crippen LogP contribution >= 0.6 is 0 Å². The molecular formula is C22H17F2N3O4S. The van der Waals surface area contributed by atoms with Gasteiger partial charge in [0.15, 0.2) is 0 Å². The molecule has 1 amide bonds. The molecule has 0 spiro atoms. The number of anilines is 2. The summed E-state index contributed by atoms with van der Waals surface area (Å²) in [5.41, 5.74) is 1.15. The predicted molar refractivity (Wildman–Crippen MR) is 116 cm³/mol. The number of para-hydroxylation sites is 1. The Morgan fingerprint density at radius 1 is 0.938 bits per heavy atom. The van der Waals surface area contributed by atoms with Crippen LogP contribution in [0, 0.1) is 11.6 Å². The maximum Gasteiger partial charge on any atom is 0.272 e. The smallest absolute Gasteiger partial charge is 0.272 e. The van der Waals surface area contributed by atoms with Crippen molar-refractivity contribution in [2.75, 3.05) is 17.1 Å². The van der Waals surface area contributed by atoms with Crippen molar-refractivity contribution in [2.24, 2.45) is 0 Å². The van der Waals surface area contributed by atoms with Gasteiger partial charge in [0.2, 0.25) is 0 Å². The van der Waals surface area contributed by atoms with Crippen LogP contribution in [0.15, 0.2) is 71.6 Å². The zero-order valence-electron chi connectivity index (χ0n) is 16.6. The van der Waals surface area contributed by atoms with Gasteiger partial charge in [-0.3, -0.25) is 9.52 Å². The van der Waals surface area contributed by atoms with Gasteiger partial charge < -0.3 is 15.0 Å². The molecule has 4 aromatic rings. The van der Waals surface area contributed by atoms with Crippen molar-refractivity contribution in [1.82, 2.24) is 4.98 Å². The molecule has 0 aliphatic heterocycles. The summed E-state index contributed by atoms with van der Waals surface area (Å²) in [6, 6.07) is 15.4. The molecule has 0 aliphatic carbocycles. The fourth-order valence-corrected chi connectivity index (χ4v) is 4.38. The molecule has 0 saturated carbocycles. The molecule has 0 aliphatic rings. The number of rotatable bonds is 6. The van der Waals surface area contributed by atoms with Crippen molar-refractivity contribution in [2.45, 2.75) is 4.90 Å². The predicted octanol–water partition coefficient (Wildman–Crippen LogP) is 4.51. The van der Waals surface area contributed by atoms with Crippen LogP contribution in [0.3, 0.4) is 0 Å². The molecule has 10 heteroatoms. The van der Waals surface area contributed by atoms with E-state index in [1.165, 1.54) is 25.3 Å². The number of hydrogen-bond acceptors (Lipinski definition) is 4. The van der Waals surface area contributed by atoms with Crippen molar-refractivity contribution in [3.8, 4) is 5.75 Å². The van der Waals surface area contributed by atoms with E-state index in [1.807, 2.05) is 24.3 Å². The first-order chi connectivity index (χ1) is 15.2. The van der Waals surface area contributed by atoms with E-state index in [0.29, 0.717) is 17.4 Å². The Morgan fingerprint density at radius 3 is 2.34 bits per heavy atom. The molecule has 3 aromatic carbocycles. The maximum absolute atomic E-state index is 13.4. The number of halogens is 2. The maximum atomic E-state index is 13.4. The minimum atomic E-state index is -4.23. The summed E-state index contributed by atoms with van der Waals surface area (Å²) >= 11 is 0. The lowest BCUT2D eigenvalue weighted by atomic mass is 10.2. The summed E-state index contributed by atoms with van der Waals surface area (Å²) in [6.45, 7) is 0. The van der Waals surface area contributed by atoms with E-state index in [9.17, 15) is 22.0 Å². The van der Waals surface area contributed by atoms with Crippen molar-refractivity contribution in [3.63, 3.8) is 0 Å². The van der Waals surface area contributed by atoms with Gasteiger partial charge in [0, 0.05) is 28.7 Å². The fourth-order valence-electron chi connectivity index (χ4n) is 3.18. The summed E-state index contributed by atoms with van der Waals surface area (Å²) in [6.07, 6.45) is 0. The summed E-state index contributed by atoms with van der Waals surface area (Å²) in [5, 5.41) is 3.54. The average Bonchev–Trinajstić information content (AvgIpc) is 3.17. The number of aromatic amines is 1. The largest absolute Gasteiger partial charge is 0.495 e. The fraction of sp³-hybridized carbons (Fsp3) is 0.0455. The molecule has 0 bridgehead atoms. The lowest BCUT2D eigenvalue weighted by molar-refractivity contribution is 0.102. The first kappa shape index (κ1) is 21.3. The van der Waals surface area contributed by atoms with E-state index in [1.54, 1.807) is 6.07 Å². The highest BCUT2D eigenvalue weighted by molar-refractivity contribution is 7.92. The highest BCUT2D eigenvalue weighted by atomic mass is 32.2. The van der Waals surface area contributed by atoms with Crippen LogP contribution in [0.25, 0.3) is 10.9 Å². The van der Waals surface area contributed by atoms with Gasteiger partial charge in [-0.1, -0.05) is 18.2 Å². The van der Waals surface area contributed by atoms with Crippen LogP contribution < -0.4 is 14.8 Å². The molecular weight excluding hydrogens is 440 g/mol. The Morgan fingerprint density at radius 2 is 1.66 bits per heavy atom. The van der Waals surface area contributed by atoms with Gasteiger partial charge in [0.05, 0.1) is 12.8 Å². The Bertz CT molecular complexity index is 1380. The Kier molecular flexibility index (Phi) is 5.54. The van der Waals surface area contributed by atoms with Gasteiger partial charge in [0.1, 0.15) is 28.0 Å². The van der Waals surface area contributed by atoms with E-state index in [2.05, 4.69) is 15.0 Å². The van der Waals surface area contributed by atoms with E-state index < -0.39 is 27.6 Å². The molecule has 4 rings (SSSR count). The van der Waals surface area contributed by atoms with Crippen LogP contribution in [0.4, 0.5) is 20.2 Å². The van der Waals surface area contributed by atoms with Gasteiger partial charge in [-0.05, 0) is 36.4 Å². The number of nitrogens with one attached hydrogen (secondary N) is 3. The van der Waals surface area contributed by atoms with Crippen molar-refractivity contribution in [1.29, 1.82) is 0 Å². The SMILES string of the molecule is COc1cc(NC(=O)c2cc3ccccc3[nH]2)ccc1S(=O)(=O)Nc1cc(F)cc(F)c1. The zero-order valence-corrected chi connectivity index (χ0v) is 17.5. The van der Waals surface area contributed by atoms with Gasteiger partial charge >= 0.3 is 0 Å². The molecule has 3 N–H and O–H groups in total. The number of benzene rings is 3. The van der Waals surface area contributed by atoms with E-state index in [0.717, 1.165) is 23.0 Å². The molecule has 1 heterocycles. The summed E-state index contributed by atoms with van der Waals surface area (Å²) in [7, 11) is -2.97. The van der Waals surface area contributed by atoms with Crippen LogP contribution in [-0.4, -0.2) is 26.4 Å². The number of ether oxygens (including phenoxy) is 1. The molecule has 0 fully saturated rings. The summed E-state index contributed by atoms with van der Waals surface area (Å²) in [4.78, 5) is 15.3. The normalized spacial score (nSPS) is 11.3. The molecule has 164 valence electrons. The zero-order chi connectivity index (χ0) is 22.9. The highest BCUT2D eigenvalue weighted by Crippen LogP contribution is 2.29. The lowest BCUT2D eigenvalue weighted by Crippen LogP contribution is -2.16. The molecule has 0 radical (unpaired) electrons. The third-order valence-corrected chi connectivity index (χ3v) is 6.02. The average molecular weight is 457 g/mol. The molecule has 0 saturated heterocycles. The minimum absolute atomic E-state index is 0.0659. The third-order valence-electron chi connectivity index (χ3n) is 4.60. The van der Waals surface area contributed by atoms with Crippen molar-refractivity contribution in [3.05, 3.63) is 84.1 Å². The first-order valence-electron chi connectivity index (χ1n) is 9.31. The molecule has 0 atom stereocenters. The van der Waals surface area contributed by atoms with E-state index in [-0.39, 0.29) is 16.3 Å². The number of fused-ring (bicyclic) bond motifs is 1. The number of hydrogen-bond donors (Lipinski definition) is 3. The quantitative estimate of drug-likeness (QED) is 0.397. The van der Waals surface area contributed by atoms with Crippen LogP contribution in [0.1, 0.15) is 10.5 Å². The Hall–Kier alpha value is -3.92. The second kappa shape index (κ2) is 8.31. The number of aromatic nitrogens is 1. The number of H-pyrrole nitrogens is 1. The van der Waals surface area contributed by atoms with E-state index in [4.69, 9.17) is 4.74 Å². The standard InChI is InChI=1S/C22H17F2N3O4S/c1-31-20-12-16(25-22(28)19-8-13-4-2-3-5-18(13)26-19)6-7-21(20)32(29,30)27-17-10-14(23)9-15(24)11-17/h2-12,26-27H,1H3,(H,25,28). The molecule has 1 aromatic heterocycles. The first-order valence-corrected chi connectivity index (χ1v) is 10.8. The third kappa shape index (κ3) is 4.40. The second-order valence-electron chi connectivity index (χ2n) is 6.85. The van der Waals surface area contributed by atoms with E-state index >= 15 is 0 Å². The van der Waals surface area contributed by atoms with Crippen LogP contribution in [0.2, 0.25) is 0 Å². The van der Waals surface area contributed by atoms with Gasteiger partial charge in [-0.25, -0.2) is 17.2 Å². The van der Waals surface area contributed by atoms with Crippen LogP contribution in [0.5, 0.6) is 5.75 Å². The highest BCUT2D eigenvalue weighted by Gasteiger charge is 2.21.